The van der Waals surface area contributed by atoms with E-state index in [9.17, 15) is 0 Å². The van der Waals surface area contributed by atoms with Crippen LogP contribution in [-0.2, 0) is 10.8 Å². The number of anilines is 3. The van der Waals surface area contributed by atoms with Crippen LogP contribution < -0.4 is 4.90 Å². The molecule has 9 rings (SSSR count). The Balaban J connectivity index is 1.15. The average Bonchev–Trinajstić information content (AvgIpc) is 3.47. The lowest BCUT2D eigenvalue weighted by molar-refractivity contribution is 0.660. The van der Waals surface area contributed by atoms with Crippen molar-refractivity contribution < 1.29 is 0 Å². The molecule has 226 valence electrons. The Morgan fingerprint density at radius 1 is 0.340 bits per heavy atom. The summed E-state index contributed by atoms with van der Waals surface area (Å²) in [7, 11) is 0. The van der Waals surface area contributed by atoms with Gasteiger partial charge in [0.15, 0.2) is 0 Å². The summed E-state index contributed by atoms with van der Waals surface area (Å²) in [5.74, 6) is 0. The van der Waals surface area contributed by atoms with Gasteiger partial charge in [-0.15, -0.1) is 0 Å². The molecule has 7 aromatic rings. The van der Waals surface area contributed by atoms with Crippen LogP contribution in [0, 0.1) is 0 Å². The minimum absolute atomic E-state index is 0.0609. The molecule has 2 aliphatic carbocycles. The zero-order valence-corrected chi connectivity index (χ0v) is 27.4. The van der Waals surface area contributed by atoms with E-state index in [1.807, 2.05) is 0 Å². The molecule has 0 unspecified atom stereocenters. The number of hydrogen-bond acceptors (Lipinski definition) is 1. The monoisotopic (exact) mass is 603 g/mol. The summed E-state index contributed by atoms with van der Waals surface area (Å²) >= 11 is 0. The largest absolute Gasteiger partial charge is 0.310 e. The summed E-state index contributed by atoms with van der Waals surface area (Å²) in [4.78, 5) is 2.43. The van der Waals surface area contributed by atoms with Crippen molar-refractivity contribution in [2.75, 3.05) is 4.90 Å². The van der Waals surface area contributed by atoms with E-state index in [1.165, 1.54) is 77.8 Å². The van der Waals surface area contributed by atoms with E-state index in [4.69, 9.17) is 0 Å². The lowest BCUT2D eigenvalue weighted by Crippen LogP contribution is -2.18. The van der Waals surface area contributed by atoms with E-state index in [-0.39, 0.29) is 10.8 Å². The first-order valence-electron chi connectivity index (χ1n) is 16.7. The van der Waals surface area contributed by atoms with Crippen LogP contribution in [0.5, 0.6) is 0 Å². The molecule has 0 saturated heterocycles. The van der Waals surface area contributed by atoms with Crippen LogP contribution in [0.4, 0.5) is 17.1 Å². The topological polar surface area (TPSA) is 3.24 Å². The van der Waals surface area contributed by atoms with Crippen molar-refractivity contribution in [3.05, 3.63) is 174 Å². The van der Waals surface area contributed by atoms with Gasteiger partial charge in [-0.3, -0.25) is 0 Å². The summed E-state index contributed by atoms with van der Waals surface area (Å²) in [5.41, 5.74) is 16.8. The molecule has 0 spiro atoms. The van der Waals surface area contributed by atoms with Gasteiger partial charge in [0, 0.05) is 27.9 Å². The lowest BCUT2D eigenvalue weighted by atomic mass is 9.81. The molecule has 0 radical (unpaired) electrons. The first kappa shape index (κ1) is 27.9. The second kappa shape index (κ2) is 10.0. The number of hydrogen-bond donors (Lipinski definition) is 0. The first-order valence-corrected chi connectivity index (χ1v) is 16.7. The Hall–Kier alpha value is -5.40. The van der Waals surface area contributed by atoms with Gasteiger partial charge in [-0.2, -0.15) is 0 Å². The van der Waals surface area contributed by atoms with Crippen LogP contribution >= 0.6 is 0 Å². The maximum absolute atomic E-state index is 2.44. The highest BCUT2D eigenvalue weighted by Crippen LogP contribution is 2.53. The number of para-hydroxylation sites is 1. The van der Waals surface area contributed by atoms with Gasteiger partial charge in [-0.1, -0.05) is 131 Å². The fourth-order valence-electron chi connectivity index (χ4n) is 8.27. The number of fused-ring (bicyclic) bond motifs is 7. The van der Waals surface area contributed by atoms with E-state index in [0.717, 1.165) is 5.69 Å². The maximum atomic E-state index is 2.44. The van der Waals surface area contributed by atoms with Crippen molar-refractivity contribution in [2.45, 2.75) is 38.5 Å². The number of nitrogens with zero attached hydrogens (tertiary/aromatic N) is 1. The highest BCUT2D eigenvalue weighted by molar-refractivity contribution is 5.91. The molecule has 1 nitrogen and oxygen atoms in total. The van der Waals surface area contributed by atoms with E-state index in [0.29, 0.717) is 0 Å². The van der Waals surface area contributed by atoms with Crippen molar-refractivity contribution in [3.63, 3.8) is 0 Å². The van der Waals surface area contributed by atoms with Crippen molar-refractivity contribution in [2.24, 2.45) is 0 Å². The number of rotatable bonds is 4. The van der Waals surface area contributed by atoms with Gasteiger partial charge < -0.3 is 4.90 Å². The van der Waals surface area contributed by atoms with Crippen LogP contribution in [0.3, 0.4) is 0 Å². The molecule has 0 aromatic heterocycles. The smallest absolute Gasteiger partial charge is 0.0465 e. The third-order valence-corrected chi connectivity index (χ3v) is 10.8. The third-order valence-electron chi connectivity index (χ3n) is 10.8. The normalized spacial score (nSPS) is 14.7. The molecule has 0 aliphatic heterocycles. The van der Waals surface area contributed by atoms with E-state index >= 15 is 0 Å². The number of benzene rings is 7. The fourth-order valence-corrected chi connectivity index (χ4v) is 8.27. The Morgan fingerprint density at radius 2 is 0.830 bits per heavy atom. The van der Waals surface area contributed by atoms with E-state index in [1.54, 1.807) is 0 Å². The molecule has 7 aromatic carbocycles. The fraction of sp³-hybridized carbons (Fsp3) is 0.130. The summed E-state index contributed by atoms with van der Waals surface area (Å²) < 4.78 is 0. The highest BCUT2D eigenvalue weighted by Gasteiger charge is 2.38. The first-order chi connectivity index (χ1) is 22.8. The standard InChI is InChI=1S/C46H37N/c1-45(2)41-17-11-10-16-37(41)39-24-21-35(28-43(39)45)47(34-14-6-5-7-15-34)36-22-25-40-38-23-20-33(27-42(38)46(3,4)44(40)29-36)32-19-18-30-12-8-9-13-31(30)26-32/h5-29H,1-4H3. The minimum atomic E-state index is -0.141. The summed E-state index contributed by atoms with van der Waals surface area (Å²) in [6, 6.07) is 56.3. The Morgan fingerprint density at radius 3 is 1.53 bits per heavy atom. The van der Waals surface area contributed by atoms with E-state index < -0.39 is 0 Å². The predicted octanol–water partition coefficient (Wildman–Crippen LogP) is 12.6. The SMILES string of the molecule is CC1(C)c2ccccc2-c2ccc(N(c3ccccc3)c3ccc4c(c3)C(C)(C)c3cc(-c5ccc6ccccc6c5)ccc3-4)cc21. The van der Waals surface area contributed by atoms with Gasteiger partial charge >= 0.3 is 0 Å². The molecule has 0 atom stereocenters. The van der Waals surface area contributed by atoms with Gasteiger partial charge in [0.1, 0.15) is 0 Å². The van der Waals surface area contributed by atoms with Crippen LogP contribution in [0.1, 0.15) is 49.9 Å². The Kier molecular flexibility index (Phi) is 5.96. The average molecular weight is 604 g/mol. The summed E-state index contributed by atoms with van der Waals surface area (Å²) in [6.07, 6.45) is 0. The van der Waals surface area contributed by atoms with Crippen molar-refractivity contribution >= 4 is 27.8 Å². The molecule has 2 aliphatic rings. The van der Waals surface area contributed by atoms with Gasteiger partial charge in [-0.05, 0) is 115 Å². The molecule has 0 amide bonds. The van der Waals surface area contributed by atoms with Crippen LogP contribution in [-0.4, -0.2) is 0 Å². The molecule has 0 saturated carbocycles. The third kappa shape index (κ3) is 4.16. The van der Waals surface area contributed by atoms with E-state index in [2.05, 4.69) is 184 Å². The van der Waals surface area contributed by atoms with Crippen LogP contribution in [0.25, 0.3) is 44.2 Å². The predicted molar refractivity (Wildman–Crippen MR) is 199 cm³/mol. The summed E-state index contributed by atoms with van der Waals surface area (Å²) in [6.45, 7) is 9.48. The zero-order chi connectivity index (χ0) is 31.9. The maximum Gasteiger partial charge on any atom is 0.0465 e. The quantitative estimate of drug-likeness (QED) is 0.193. The molecular formula is C46H37N. The Labute approximate surface area is 277 Å². The second-order valence-electron chi connectivity index (χ2n) is 14.2. The molecule has 0 heterocycles. The molecular weight excluding hydrogens is 567 g/mol. The van der Waals surface area contributed by atoms with Crippen molar-refractivity contribution in [3.8, 4) is 33.4 Å². The zero-order valence-electron chi connectivity index (χ0n) is 27.4. The van der Waals surface area contributed by atoms with Gasteiger partial charge in [0.2, 0.25) is 0 Å². The van der Waals surface area contributed by atoms with Gasteiger partial charge in [-0.25, -0.2) is 0 Å². The second-order valence-corrected chi connectivity index (χ2v) is 14.2. The van der Waals surface area contributed by atoms with Crippen molar-refractivity contribution in [1.82, 2.24) is 0 Å². The molecule has 0 bridgehead atoms. The van der Waals surface area contributed by atoms with Crippen LogP contribution in [0.2, 0.25) is 0 Å². The van der Waals surface area contributed by atoms with Crippen molar-refractivity contribution in [1.29, 1.82) is 0 Å². The minimum Gasteiger partial charge on any atom is -0.310 e. The molecule has 1 heteroatoms. The highest BCUT2D eigenvalue weighted by atomic mass is 15.1. The molecule has 0 N–H and O–H groups in total. The Bertz CT molecular complexity index is 2360. The van der Waals surface area contributed by atoms with Gasteiger partial charge in [0.05, 0.1) is 0 Å². The summed E-state index contributed by atoms with van der Waals surface area (Å²) in [5, 5.41) is 2.55. The molecule has 47 heavy (non-hydrogen) atoms. The lowest BCUT2D eigenvalue weighted by Gasteiger charge is -2.29. The van der Waals surface area contributed by atoms with Gasteiger partial charge in [0.25, 0.3) is 0 Å². The molecule has 0 fully saturated rings. The van der Waals surface area contributed by atoms with Crippen LogP contribution in [0.15, 0.2) is 152 Å².